The molecule has 0 radical (unpaired) electrons. The van der Waals surface area contributed by atoms with Gasteiger partial charge < -0.3 is 20.7 Å². The maximum Gasteiger partial charge on any atom is 0.471 e. The van der Waals surface area contributed by atoms with Crippen molar-refractivity contribution in [2.24, 2.45) is 23.0 Å². The summed E-state index contributed by atoms with van der Waals surface area (Å²) in [5.74, 6) is -3.91. The van der Waals surface area contributed by atoms with Gasteiger partial charge in [-0.1, -0.05) is 53.2 Å². The number of rotatable bonds is 13. The highest BCUT2D eigenvalue weighted by molar-refractivity contribution is 7.90. The number of likely N-dealkylation sites (N-methyl/N-ethyl adjacent to an activating group) is 1. The second kappa shape index (κ2) is 15.9. The van der Waals surface area contributed by atoms with E-state index in [4.69, 9.17) is 10.5 Å². The Morgan fingerprint density at radius 1 is 1.13 bits per heavy atom. The van der Waals surface area contributed by atoms with Crippen molar-refractivity contribution < 1.29 is 40.7 Å². The van der Waals surface area contributed by atoms with E-state index in [-0.39, 0.29) is 34.5 Å². The Labute approximate surface area is 276 Å². The third-order valence-electron chi connectivity index (χ3n) is 8.47. The molecule has 266 valence electrons. The van der Waals surface area contributed by atoms with Gasteiger partial charge in [-0.25, -0.2) is 13.1 Å². The summed E-state index contributed by atoms with van der Waals surface area (Å²) in [5, 5.41) is 1.63. The lowest BCUT2D eigenvalue weighted by Gasteiger charge is -2.36. The zero-order valence-corrected chi connectivity index (χ0v) is 29.5. The molecule has 3 amide bonds. The number of amides is 3. The maximum atomic E-state index is 13.2. The van der Waals surface area contributed by atoms with Crippen LogP contribution in [0.25, 0.3) is 0 Å². The molecule has 0 unspecified atom stereocenters. The number of benzene rings is 1. The molecule has 0 aromatic heterocycles. The smallest absolute Gasteiger partial charge is 0.379 e. The van der Waals surface area contributed by atoms with Crippen LogP contribution in [0.5, 0.6) is 0 Å². The van der Waals surface area contributed by atoms with Gasteiger partial charge in [0, 0.05) is 32.4 Å². The molecule has 1 aliphatic heterocycles. The van der Waals surface area contributed by atoms with E-state index in [1.165, 1.54) is 7.11 Å². The Hall–Kier alpha value is -3.01. The molecule has 2 rings (SSSR count). The molecule has 1 aliphatic rings. The average Bonchev–Trinajstić information content (AvgIpc) is 3.41. The third-order valence-corrected chi connectivity index (χ3v) is 9.83. The number of methoxy groups -OCH3 is 1. The summed E-state index contributed by atoms with van der Waals surface area (Å²) < 4.78 is 71.2. The van der Waals surface area contributed by atoms with E-state index >= 15 is 0 Å². The van der Waals surface area contributed by atoms with Crippen molar-refractivity contribution in [2.75, 3.05) is 32.6 Å². The number of nitrogens with one attached hydrogen (secondary N) is 2. The number of nitrogens with zero attached hydrogens (tertiary/aromatic N) is 2. The number of sulfonamides is 1. The van der Waals surface area contributed by atoms with Crippen molar-refractivity contribution in [2.45, 2.75) is 96.6 Å². The number of hydrogen-bond donors (Lipinski definition) is 3. The lowest BCUT2D eigenvalue weighted by molar-refractivity contribution is -0.167. The van der Waals surface area contributed by atoms with E-state index in [2.05, 4.69) is 11.0 Å². The Kier molecular flexibility index (Phi) is 13.6. The van der Waals surface area contributed by atoms with E-state index in [9.17, 15) is 36.0 Å². The van der Waals surface area contributed by atoms with Crippen molar-refractivity contribution in [3.8, 4) is 0 Å². The van der Waals surface area contributed by atoms with Gasteiger partial charge in [-0.15, -0.1) is 0 Å². The molecule has 1 aromatic rings. The van der Waals surface area contributed by atoms with Crippen molar-refractivity contribution in [3.05, 3.63) is 35.9 Å². The summed E-state index contributed by atoms with van der Waals surface area (Å²) >= 11 is 0. The minimum Gasteiger partial charge on any atom is -0.379 e. The number of carbonyl (C=O) groups excluding carboxylic acids is 3. The molecule has 47 heavy (non-hydrogen) atoms. The SMILES string of the molecule is CO[C@H]([C@@H](C)C(=O)NS(=O)(=O)c1ccc(NC(=O)C(F)(F)F)cc1)[C@@H]1CCCN1C/C(C)=C/[C@H](C(C)C)N(C)C(=O)[C@@H](N)C(C)(C)C. The molecule has 1 aromatic carbocycles. The van der Waals surface area contributed by atoms with Gasteiger partial charge in [-0.3, -0.25) is 19.3 Å². The molecule has 0 spiro atoms. The molecule has 0 saturated carbocycles. The normalized spacial score (nSPS) is 19.2. The number of carbonyl (C=O) groups is 3. The van der Waals surface area contributed by atoms with Crippen LogP contribution in [0.2, 0.25) is 0 Å². The summed E-state index contributed by atoms with van der Waals surface area (Å²) in [5.41, 5.74) is 6.63. The van der Waals surface area contributed by atoms with Crippen molar-refractivity contribution in [3.63, 3.8) is 0 Å². The molecule has 1 heterocycles. The topological polar surface area (TPSA) is 151 Å². The van der Waals surface area contributed by atoms with Crippen LogP contribution in [0, 0.1) is 17.3 Å². The lowest BCUT2D eigenvalue weighted by atomic mass is 9.86. The van der Waals surface area contributed by atoms with Gasteiger partial charge in [0.2, 0.25) is 11.8 Å². The maximum absolute atomic E-state index is 13.2. The van der Waals surface area contributed by atoms with Crippen LogP contribution >= 0.6 is 0 Å². The zero-order chi connectivity index (χ0) is 36.1. The minimum absolute atomic E-state index is 0.118. The molecule has 0 bridgehead atoms. The molecule has 4 N–H and O–H groups in total. The Morgan fingerprint density at radius 3 is 2.19 bits per heavy atom. The van der Waals surface area contributed by atoms with Gasteiger partial charge in [0.05, 0.1) is 29.0 Å². The van der Waals surface area contributed by atoms with E-state index < -0.39 is 51.5 Å². The van der Waals surface area contributed by atoms with Crippen LogP contribution in [0.4, 0.5) is 18.9 Å². The highest BCUT2D eigenvalue weighted by Gasteiger charge is 2.40. The first-order chi connectivity index (χ1) is 21.5. The Bertz CT molecular complexity index is 1390. The lowest BCUT2D eigenvalue weighted by Crippen LogP contribution is -2.52. The first-order valence-corrected chi connectivity index (χ1v) is 17.0. The summed E-state index contributed by atoms with van der Waals surface area (Å²) in [6.45, 7) is 14.7. The zero-order valence-electron chi connectivity index (χ0n) is 28.6. The molecule has 5 atom stereocenters. The summed E-state index contributed by atoms with van der Waals surface area (Å²) in [6, 6.07) is 2.91. The van der Waals surface area contributed by atoms with Crippen LogP contribution in [0.3, 0.4) is 0 Å². The van der Waals surface area contributed by atoms with Crippen molar-refractivity contribution in [1.82, 2.24) is 14.5 Å². The largest absolute Gasteiger partial charge is 0.471 e. The van der Waals surface area contributed by atoms with Crippen molar-refractivity contribution >= 4 is 33.4 Å². The molecule has 11 nitrogen and oxygen atoms in total. The van der Waals surface area contributed by atoms with E-state index in [1.54, 1.807) is 24.2 Å². The molecular weight excluding hydrogens is 639 g/mol. The minimum atomic E-state index is -5.11. The summed E-state index contributed by atoms with van der Waals surface area (Å²) in [6.07, 6.45) is -2.14. The number of halogens is 3. The van der Waals surface area contributed by atoms with Gasteiger partial charge in [0.25, 0.3) is 10.0 Å². The first kappa shape index (κ1) is 40.2. The predicted octanol–water partition coefficient (Wildman–Crippen LogP) is 3.91. The number of hydrogen-bond acceptors (Lipinski definition) is 8. The fraction of sp³-hybridized carbons (Fsp3) is 0.656. The number of ether oxygens (including phenoxy) is 1. The van der Waals surface area contributed by atoms with Crippen LogP contribution in [-0.4, -0.2) is 93.6 Å². The van der Waals surface area contributed by atoms with Crippen molar-refractivity contribution in [1.29, 1.82) is 0 Å². The summed E-state index contributed by atoms with van der Waals surface area (Å²) in [4.78, 5) is 41.0. The van der Waals surface area contributed by atoms with Gasteiger partial charge >= 0.3 is 12.1 Å². The molecule has 1 fully saturated rings. The third kappa shape index (κ3) is 10.7. The molecule has 0 aliphatic carbocycles. The summed E-state index contributed by atoms with van der Waals surface area (Å²) in [7, 11) is -1.16. The van der Waals surface area contributed by atoms with Crippen LogP contribution in [0.15, 0.2) is 40.8 Å². The van der Waals surface area contributed by atoms with Gasteiger partial charge in [0.1, 0.15) is 0 Å². The number of alkyl halides is 3. The van der Waals surface area contributed by atoms with Crippen LogP contribution in [-0.2, 0) is 29.1 Å². The fourth-order valence-corrected chi connectivity index (χ4v) is 6.68. The first-order valence-electron chi connectivity index (χ1n) is 15.5. The monoisotopic (exact) mass is 689 g/mol. The highest BCUT2D eigenvalue weighted by atomic mass is 32.2. The van der Waals surface area contributed by atoms with Gasteiger partial charge in [0.15, 0.2) is 0 Å². The van der Waals surface area contributed by atoms with Crippen LogP contribution in [0.1, 0.15) is 61.3 Å². The van der Waals surface area contributed by atoms with Crippen LogP contribution < -0.4 is 15.8 Å². The second-order valence-corrected chi connectivity index (χ2v) is 15.3. The van der Waals surface area contributed by atoms with E-state index in [1.807, 2.05) is 46.3 Å². The number of nitrogens with two attached hydrogens (primary N) is 1. The number of likely N-dealkylation sites (tertiary alicyclic amines) is 1. The molecule has 1 saturated heterocycles. The molecular formula is C32H50F3N5O6S. The number of anilines is 1. The van der Waals surface area contributed by atoms with E-state index in [0.29, 0.717) is 13.0 Å². The quantitative estimate of drug-likeness (QED) is 0.264. The predicted molar refractivity (Wildman–Crippen MR) is 174 cm³/mol. The fourth-order valence-electron chi connectivity index (χ4n) is 5.62. The molecule has 15 heteroatoms. The second-order valence-electron chi connectivity index (χ2n) is 13.7. The van der Waals surface area contributed by atoms with Gasteiger partial charge in [-0.05, 0) is 61.9 Å². The Morgan fingerprint density at radius 2 is 1.70 bits per heavy atom. The standard InChI is InChI=1S/C32H50F3N5O6S/c1-19(2)25(39(8)29(42)27(36)31(5,6)7)17-20(3)18-40-16-10-11-24(40)26(46-9)21(4)28(41)38-47(44,45)23-14-12-22(13-15-23)37-30(43)32(33,34)35/h12-15,17,19,21,24-27H,10-11,16,18,36H2,1-9H3,(H,37,43)(H,38,41)/b20-17+/t21-,24+,25-,26-,27-/m1/s1. The Balaban J connectivity index is 2.16. The van der Waals surface area contributed by atoms with E-state index in [0.717, 1.165) is 42.8 Å². The highest BCUT2D eigenvalue weighted by Crippen LogP contribution is 2.28. The van der Waals surface area contributed by atoms with Gasteiger partial charge in [-0.2, -0.15) is 13.2 Å². The average molecular weight is 690 g/mol.